The maximum atomic E-state index is 5.63. The Hall–Kier alpha value is -0.860. The van der Waals surface area contributed by atoms with Crippen LogP contribution in [0.15, 0.2) is 24.3 Å². The molecule has 2 nitrogen and oxygen atoms in total. The van der Waals surface area contributed by atoms with Gasteiger partial charge in [0.1, 0.15) is 0 Å². The van der Waals surface area contributed by atoms with Crippen LogP contribution in [0.2, 0.25) is 0 Å². The number of likely N-dealkylation sites (tertiary alicyclic amines) is 1. The lowest BCUT2D eigenvalue weighted by molar-refractivity contribution is -0.00270. The van der Waals surface area contributed by atoms with Crippen molar-refractivity contribution in [2.45, 2.75) is 40.3 Å². The van der Waals surface area contributed by atoms with Gasteiger partial charge in [-0.05, 0) is 29.4 Å². The molecule has 1 heterocycles. The van der Waals surface area contributed by atoms with Crippen molar-refractivity contribution in [2.24, 2.45) is 17.1 Å². The second-order valence-electron chi connectivity index (χ2n) is 6.64. The van der Waals surface area contributed by atoms with Gasteiger partial charge in [0, 0.05) is 25.7 Å². The maximum Gasteiger partial charge on any atom is 0.0320 e. The zero-order valence-electron chi connectivity index (χ0n) is 12.1. The highest BCUT2D eigenvalue weighted by Gasteiger charge is 2.37. The van der Waals surface area contributed by atoms with E-state index in [1.54, 1.807) is 0 Å². The Balaban J connectivity index is 1.95. The Morgan fingerprint density at radius 3 is 2.22 bits per heavy atom. The summed E-state index contributed by atoms with van der Waals surface area (Å²) in [6.45, 7) is 12.4. The van der Waals surface area contributed by atoms with Gasteiger partial charge in [0.2, 0.25) is 0 Å². The van der Waals surface area contributed by atoms with Crippen LogP contribution < -0.4 is 5.73 Å². The minimum atomic E-state index is 0.444. The molecule has 1 aromatic carbocycles. The van der Waals surface area contributed by atoms with Crippen molar-refractivity contribution < 1.29 is 0 Å². The number of hydrogen-bond donors (Lipinski definition) is 1. The molecule has 1 atom stereocenters. The number of nitrogens with zero attached hydrogens (tertiary/aromatic N) is 1. The molecule has 1 unspecified atom stereocenters. The molecule has 100 valence electrons. The Bertz CT molecular complexity index is 383. The first-order valence-electron chi connectivity index (χ1n) is 6.95. The van der Waals surface area contributed by atoms with E-state index in [-0.39, 0.29) is 0 Å². The van der Waals surface area contributed by atoms with E-state index >= 15 is 0 Å². The first-order valence-corrected chi connectivity index (χ1v) is 6.95. The summed E-state index contributed by atoms with van der Waals surface area (Å²) in [4.78, 5) is 2.56. The zero-order chi connectivity index (χ0) is 13.3. The minimum absolute atomic E-state index is 0.444. The summed E-state index contributed by atoms with van der Waals surface area (Å²) in [5, 5.41) is 0. The van der Waals surface area contributed by atoms with Crippen molar-refractivity contribution >= 4 is 0 Å². The minimum Gasteiger partial charge on any atom is -0.326 e. The molecule has 1 aliphatic rings. The topological polar surface area (TPSA) is 29.3 Å². The highest BCUT2D eigenvalue weighted by Crippen LogP contribution is 2.37. The van der Waals surface area contributed by atoms with Gasteiger partial charge in [-0.15, -0.1) is 0 Å². The average molecular weight is 246 g/mol. The van der Waals surface area contributed by atoms with Crippen LogP contribution >= 0.6 is 0 Å². The predicted octanol–water partition coefficient (Wildman–Crippen LogP) is 3.18. The molecule has 0 radical (unpaired) electrons. The predicted molar refractivity (Wildman–Crippen MR) is 77.3 cm³/mol. The second-order valence-corrected chi connectivity index (χ2v) is 6.64. The molecule has 1 aromatic rings. The quantitative estimate of drug-likeness (QED) is 0.887. The van der Waals surface area contributed by atoms with Crippen LogP contribution in [0.4, 0.5) is 0 Å². The summed E-state index contributed by atoms with van der Waals surface area (Å²) in [7, 11) is 0. The average Bonchev–Trinajstić information content (AvgIpc) is 2.25. The molecule has 0 saturated carbocycles. The van der Waals surface area contributed by atoms with Crippen molar-refractivity contribution in [3.8, 4) is 0 Å². The van der Waals surface area contributed by atoms with Gasteiger partial charge in [0.15, 0.2) is 0 Å². The number of hydrogen-bond acceptors (Lipinski definition) is 2. The standard InChI is InChI=1S/C16H26N2/c1-12(14-7-5-13(9-17)6-8-14)18-10-15(11-18)16(2,3)4/h5-8,12,15H,9-11,17H2,1-4H3. The first-order chi connectivity index (χ1) is 8.41. The Morgan fingerprint density at radius 2 is 1.78 bits per heavy atom. The molecule has 1 saturated heterocycles. The summed E-state index contributed by atoms with van der Waals surface area (Å²) >= 11 is 0. The van der Waals surface area contributed by atoms with Crippen LogP contribution in [0, 0.1) is 11.3 Å². The third-order valence-corrected chi connectivity index (χ3v) is 4.38. The van der Waals surface area contributed by atoms with Crippen molar-refractivity contribution in [2.75, 3.05) is 13.1 Å². The Labute approximate surface area is 111 Å². The zero-order valence-corrected chi connectivity index (χ0v) is 12.1. The second kappa shape index (κ2) is 5.02. The van der Waals surface area contributed by atoms with E-state index in [4.69, 9.17) is 5.73 Å². The molecule has 2 rings (SSSR count). The van der Waals surface area contributed by atoms with Crippen LogP contribution in [0.3, 0.4) is 0 Å². The molecule has 0 spiro atoms. The van der Waals surface area contributed by atoms with Gasteiger partial charge in [-0.2, -0.15) is 0 Å². The lowest BCUT2D eigenvalue weighted by Gasteiger charge is -2.49. The van der Waals surface area contributed by atoms with E-state index in [1.807, 2.05) is 0 Å². The van der Waals surface area contributed by atoms with Crippen LogP contribution in [-0.2, 0) is 6.54 Å². The fraction of sp³-hybridized carbons (Fsp3) is 0.625. The molecule has 1 fully saturated rings. The number of benzene rings is 1. The monoisotopic (exact) mass is 246 g/mol. The van der Waals surface area contributed by atoms with Crippen LogP contribution in [-0.4, -0.2) is 18.0 Å². The maximum absolute atomic E-state index is 5.63. The van der Waals surface area contributed by atoms with E-state index < -0.39 is 0 Å². The van der Waals surface area contributed by atoms with E-state index in [0.29, 0.717) is 18.0 Å². The van der Waals surface area contributed by atoms with Gasteiger partial charge in [-0.25, -0.2) is 0 Å². The van der Waals surface area contributed by atoms with Gasteiger partial charge in [-0.1, -0.05) is 45.0 Å². The largest absolute Gasteiger partial charge is 0.326 e. The van der Waals surface area contributed by atoms with Crippen molar-refractivity contribution in [3.05, 3.63) is 35.4 Å². The first kappa shape index (κ1) is 13.6. The van der Waals surface area contributed by atoms with Gasteiger partial charge in [-0.3, -0.25) is 4.90 Å². The summed E-state index contributed by atoms with van der Waals surface area (Å²) in [5.41, 5.74) is 8.69. The van der Waals surface area contributed by atoms with Crippen molar-refractivity contribution in [3.63, 3.8) is 0 Å². The molecule has 1 aliphatic heterocycles. The molecule has 0 bridgehead atoms. The lowest BCUT2D eigenvalue weighted by Crippen LogP contribution is -2.52. The molecule has 2 N–H and O–H groups in total. The van der Waals surface area contributed by atoms with Crippen LogP contribution in [0.25, 0.3) is 0 Å². The van der Waals surface area contributed by atoms with E-state index in [0.717, 1.165) is 5.92 Å². The molecule has 0 amide bonds. The molecule has 2 heteroatoms. The number of rotatable bonds is 3. The van der Waals surface area contributed by atoms with Gasteiger partial charge < -0.3 is 5.73 Å². The third kappa shape index (κ3) is 2.76. The van der Waals surface area contributed by atoms with E-state index in [9.17, 15) is 0 Å². The van der Waals surface area contributed by atoms with E-state index in [2.05, 4.69) is 56.9 Å². The molecular weight excluding hydrogens is 220 g/mol. The summed E-state index contributed by atoms with van der Waals surface area (Å²) in [6, 6.07) is 9.25. The SMILES string of the molecule is CC(c1ccc(CN)cc1)N1CC(C(C)(C)C)C1. The normalized spacial score (nSPS) is 19.6. The molecule has 0 aromatic heterocycles. The Morgan fingerprint density at radius 1 is 1.22 bits per heavy atom. The number of nitrogens with two attached hydrogens (primary N) is 1. The lowest BCUT2D eigenvalue weighted by atomic mass is 9.75. The smallest absolute Gasteiger partial charge is 0.0320 e. The van der Waals surface area contributed by atoms with Crippen molar-refractivity contribution in [1.29, 1.82) is 0 Å². The third-order valence-electron chi connectivity index (χ3n) is 4.38. The fourth-order valence-corrected chi connectivity index (χ4v) is 2.52. The summed E-state index contributed by atoms with van der Waals surface area (Å²) in [6.07, 6.45) is 0. The van der Waals surface area contributed by atoms with Gasteiger partial charge in [0.05, 0.1) is 0 Å². The highest BCUT2D eigenvalue weighted by molar-refractivity contribution is 5.25. The van der Waals surface area contributed by atoms with Crippen LogP contribution in [0.5, 0.6) is 0 Å². The molecule has 18 heavy (non-hydrogen) atoms. The summed E-state index contributed by atoms with van der Waals surface area (Å²) < 4.78 is 0. The Kier molecular flexibility index (Phi) is 3.79. The van der Waals surface area contributed by atoms with Crippen molar-refractivity contribution in [1.82, 2.24) is 4.90 Å². The highest BCUT2D eigenvalue weighted by atomic mass is 15.2. The molecule has 0 aliphatic carbocycles. The van der Waals surface area contributed by atoms with Gasteiger partial charge in [0.25, 0.3) is 0 Å². The molecular formula is C16H26N2. The van der Waals surface area contributed by atoms with E-state index in [1.165, 1.54) is 24.2 Å². The van der Waals surface area contributed by atoms with Gasteiger partial charge >= 0.3 is 0 Å². The fourth-order valence-electron chi connectivity index (χ4n) is 2.52. The summed E-state index contributed by atoms with van der Waals surface area (Å²) in [5.74, 6) is 0.836. The van der Waals surface area contributed by atoms with Crippen LogP contribution in [0.1, 0.15) is 44.9 Å².